The number of para-hydroxylation sites is 3. The lowest BCUT2D eigenvalue weighted by Crippen LogP contribution is -2.20. The third kappa shape index (κ3) is 2.75. The summed E-state index contributed by atoms with van der Waals surface area (Å²) in [7, 11) is 0. The highest BCUT2D eigenvalue weighted by atomic mass is 19.1. The highest BCUT2D eigenvalue weighted by Gasteiger charge is 2.20. The lowest BCUT2D eigenvalue weighted by molar-refractivity contribution is -0.116. The van der Waals surface area contributed by atoms with Crippen molar-refractivity contribution in [3.05, 3.63) is 54.3 Å². The van der Waals surface area contributed by atoms with E-state index in [2.05, 4.69) is 25.2 Å². The standard InChI is InChI=1S/C17H13FN6O2/c18-10-5-1-2-6-11(10)20-14(25)9-24-13-8-4-3-7-12(13)21-17(24)15-16(19)23-26-22-15/h1-8H,9H2,(H2,19,23)(H,20,25). The molecule has 0 atom stereocenters. The second-order valence-electron chi connectivity index (χ2n) is 5.54. The molecule has 9 heteroatoms. The number of amides is 1. The van der Waals surface area contributed by atoms with Gasteiger partial charge in [0.15, 0.2) is 17.3 Å². The van der Waals surface area contributed by atoms with Gasteiger partial charge in [0.2, 0.25) is 5.91 Å². The van der Waals surface area contributed by atoms with Crippen molar-refractivity contribution in [2.24, 2.45) is 0 Å². The molecule has 26 heavy (non-hydrogen) atoms. The summed E-state index contributed by atoms with van der Waals surface area (Å²) in [5.41, 5.74) is 7.46. The number of imidazole rings is 1. The third-order valence-electron chi connectivity index (χ3n) is 3.83. The molecule has 0 aliphatic carbocycles. The van der Waals surface area contributed by atoms with Crippen molar-refractivity contribution in [3.63, 3.8) is 0 Å². The molecule has 2 aromatic heterocycles. The van der Waals surface area contributed by atoms with E-state index >= 15 is 0 Å². The minimum absolute atomic E-state index is 0.0658. The van der Waals surface area contributed by atoms with E-state index in [0.717, 1.165) is 0 Å². The molecular formula is C17H13FN6O2. The fourth-order valence-electron chi connectivity index (χ4n) is 2.66. The molecule has 0 fully saturated rings. The number of hydrogen-bond acceptors (Lipinski definition) is 6. The molecule has 3 N–H and O–H groups in total. The van der Waals surface area contributed by atoms with Gasteiger partial charge in [-0.05, 0) is 34.6 Å². The maximum Gasteiger partial charge on any atom is 0.244 e. The van der Waals surface area contributed by atoms with Crippen LogP contribution in [0.15, 0.2) is 53.2 Å². The number of fused-ring (bicyclic) bond motifs is 1. The molecule has 8 nitrogen and oxygen atoms in total. The number of anilines is 2. The van der Waals surface area contributed by atoms with Gasteiger partial charge in [-0.15, -0.1) is 0 Å². The van der Waals surface area contributed by atoms with Crippen molar-refractivity contribution in [2.75, 3.05) is 11.1 Å². The summed E-state index contributed by atoms with van der Waals surface area (Å²) in [6.07, 6.45) is 0. The van der Waals surface area contributed by atoms with Gasteiger partial charge in [0.1, 0.15) is 12.4 Å². The molecule has 1 amide bonds. The van der Waals surface area contributed by atoms with Crippen LogP contribution in [0.4, 0.5) is 15.9 Å². The SMILES string of the molecule is Nc1nonc1-c1nc2ccccc2n1CC(=O)Nc1ccccc1F. The van der Waals surface area contributed by atoms with E-state index in [9.17, 15) is 9.18 Å². The van der Waals surface area contributed by atoms with E-state index in [1.54, 1.807) is 22.8 Å². The van der Waals surface area contributed by atoms with E-state index in [1.165, 1.54) is 12.1 Å². The Kier molecular flexibility index (Phi) is 3.81. The molecule has 0 saturated carbocycles. The van der Waals surface area contributed by atoms with Gasteiger partial charge in [-0.25, -0.2) is 14.0 Å². The van der Waals surface area contributed by atoms with E-state index in [-0.39, 0.29) is 23.7 Å². The maximum absolute atomic E-state index is 13.8. The first-order valence-corrected chi connectivity index (χ1v) is 7.71. The number of carbonyl (C=O) groups excluding carboxylic acids is 1. The third-order valence-corrected chi connectivity index (χ3v) is 3.83. The normalized spacial score (nSPS) is 11.0. The van der Waals surface area contributed by atoms with Crippen LogP contribution in [-0.4, -0.2) is 25.8 Å². The van der Waals surface area contributed by atoms with Crippen LogP contribution in [-0.2, 0) is 11.3 Å². The number of halogens is 1. The molecule has 0 aliphatic rings. The quantitative estimate of drug-likeness (QED) is 0.583. The lowest BCUT2D eigenvalue weighted by atomic mass is 10.3. The Labute approximate surface area is 146 Å². The van der Waals surface area contributed by atoms with Gasteiger partial charge >= 0.3 is 0 Å². The summed E-state index contributed by atoms with van der Waals surface area (Å²) < 4.78 is 20.0. The number of rotatable bonds is 4. The maximum atomic E-state index is 13.8. The van der Waals surface area contributed by atoms with Crippen LogP contribution in [0.3, 0.4) is 0 Å². The van der Waals surface area contributed by atoms with Crippen molar-refractivity contribution < 1.29 is 13.8 Å². The summed E-state index contributed by atoms with van der Waals surface area (Å²) in [5.74, 6) is -0.527. The average molecular weight is 352 g/mol. The topological polar surface area (TPSA) is 112 Å². The Morgan fingerprint density at radius 2 is 1.92 bits per heavy atom. The minimum Gasteiger partial charge on any atom is -0.379 e. The molecule has 2 aromatic carbocycles. The summed E-state index contributed by atoms with van der Waals surface area (Å²) in [4.78, 5) is 16.9. The van der Waals surface area contributed by atoms with Crippen molar-refractivity contribution in [2.45, 2.75) is 6.54 Å². The van der Waals surface area contributed by atoms with Gasteiger partial charge in [-0.2, -0.15) is 0 Å². The second kappa shape index (κ2) is 6.28. The number of benzene rings is 2. The Bertz CT molecular complexity index is 1100. The molecular weight excluding hydrogens is 339 g/mol. The summed E-state index contributed by atoms with van der Waals surface area (Å²) >= 11 is 0. The van der Waals surface area contributed by atoms with Crippen molar-refractivity contribution >= 4 is 28.4 Å². The lowest BCUT2D eigenvalue weighted by Gasteiger charge is -2.09. The van der Waals surface area contributed by atoms with Crippen LogP contribution in [0.2, 0.25) is 0 Å². The number of hydrogen-bond donors (Lipinski definition) is 2. The molecule has 130 valence electrons. The zero-order chi connectivity index (χ0) is 18.1. The van der Waals surface area contributed by atoms with Gasteiger partial charge in [-0.1, -0.05) is 24.3 Å². The number of nitrogens with one attached hydrogen (secondary N) is 1. The van der Waals surface area contributed by atoms with Gasteiger partial charge in [0, 0.05) is 0 Å². The van der Waals surface area contributed by atoms with Crippen molar-refractivity contribution in [3.8, 4) is 11.5 Å². The molecule has 0 spiro atoms. The highest BCUT2D eigenvalue weighted by Crippen LogP contribution is 2.26. The highest BCUT2D eigenvalue weighted by molar-refractivity contribution is 5.92. The minimum atomic E-state index is -0.512. The van der Waals surface area contributed by atoms with Crippen LogP contribution < -0.4 is 11.1 Å². The van der Waals surface area contributed by atoms with Crippen LogP contribution >= 0.6 is 0 Å². The van der Waals surface area contributed by atoms with Crippen molar-refractivity contribution in [1.82, 2.24) is 19.9 Å². The molecule has 2 heterocycles. The van der Waals surface area contributed by atoms with Crippen LogP contribution in [0.5, 0.6) is 0 Å². The van der Waals surface area contributed by atoms with E-state index in [1.807, 2.05) is 18.2 Å². The first-order chi connectivity index (χ1) is 12.6. The fourth-order valence-corrected chi connectivity index (χ4v) is 2.66. The molecule has 4 rings (SSSR count). The molecule has 4 aromatic rings. The summed E-state index contributed by atoms with van der Waals surface area (Å²) in [5, 5.41) is 9.86. The number of carbonyl (C=O) groups is 1. The first kappa shape index (κ1) is 15.8. The van der Waals surface area contributed by atoms with E-state index in [0.29, 0.717) is 16.9 Å². The van der Waals surface area contributed by atoms with Gasteiger partial charge in [0.25, 0.3) is 0 Å². The smallest absolute Gasteiger partial charge is 0.244 e. The van der Waals surface area contributed by atoms with E-state index in [4.69, 9.17) is 5.73 Å². The number of nitrogens with zero attached hydrogens (tertiary/aromatic N) is 4. The molecule has 0 unspecified atom stereocenters. The molecule has 0 bridgehead atoms. The zero-order valence-electron chi connectivity index (χ0n) is 13.4. The largest absolute Gasteiger partial charge is 0.379 e. The molecule has 0 aliphatic heterocycles. The van der Waals surface area contributed by atoms with Crippen molar-refractivity contribution in [1.29, 1.82) is 0 Å². The monoisotopic (exact) mass is 352 g/mol. The average Bonchev–Trinajstić information content (AvgIpc) is 3.21. The van der Waals surface area contributed by atoms with Gasteiger partial charge < -0.3 is 15.6 Å². The molecule has 0 saturated heterocycles. The Hall–Kier alpha value is -3.75. The van der Waals surface area contributed by atoms with Crippen LogP contribution in [0.25, 0.3) is 22.6 Å². The van der Waals surface area contributed by atoms with Gasteiger partial charge in [-0.3, -0.25) is 4.79 Å². The fraction of sp³-hybridized carbons (Fsp3) is 0.0588. The second-order valence-corrected chi connectivity index (χ2v) is 5.54. The zero-order valence-corrected chi connectivity index (χ0v) is 13.4. The predicted molar refractivity (Wildman–Crippen MR) is 92.5 cm³/mol. The van der Waals surface area contributed by atoms with Gasteiger partial charge in [0.05, 0.1) is 16.7 Å². The number of nitrogens with two attached hydrogens (primary N) is 1. The van der Waals surface area contributed by atoms with Crippen LogP contribution in [0, 0.1) is 5.82 Å². The Balaban J connectivity index is 1.72. The number of aromatic nitrogens is 4. The Morgan fingerprint density at radius 3 is 2.69 bits per heavy atom. The summed E-state index contributed by atoms with van der Waals surface area (Å²) in [6, 6.07) is 13.2. The molecule has 0 radical (unpaired) electrons. The van der Waals surface area contributed by atoms with Crippen LogP contribution in [0.1, 0.15) is 0 Å². The Morgan fingerprint density at radius 1 is 1.15 bits per heavy atom. The predicted octanol–water partition coefficient (Wildman–Crippen LogP) is 2.45. The summed E-state index contributed by atoms with van der Waals surface area (Å²) in [6.45, 7) is -0.115. The number of nitrogen functional groups attached to an aromatic ring is 1. The first-order valence-electron chi connectivity index (χ1n) is 7.71. The van der Waals surface area contributed by atoms with E-state index < -0.39 is 11.7 Å².